The molecule has 0 aromatic heterocycles. The van der Waals surface area contributed by atoms with E-state index in [0.717, 1.165) is 40.8 Å². The summed E-state index contributed by atoms with van der Waals surface area (Å²) in [6, 6.07) is 4.08. The summed E-state index contributed by atoms with van der Waals surface area (Å²) >= 11 is 12.3. The van der Waals surface area contributed by atoms with Gasteiger partial charge in [-0.15, -0.1) is 0 Å². The summed E-state index contributed by atoms with van der Waals surface area (Å²) in [6.07, 6.45) is 1.02. The first kappa shape index (κ1) is 11.1. The number of rotatable bonds is 1. The summed E-state index contributed by atoms with van der Waals surface area (Å²) < 4.78 is 0. The predicted molar refractivity (Wildman–Crippen MR) is 66.0 cm³/mol. The van der Waals surface area contributed by atoms with Crippen LogP contribution in [0, 0.1) is 6.92 Å². The standard InChI is InChI=1S/C11H14Cl2N2/c1-7-4-10(13)11(5-9(7)12)15-3-2-8(14)6-15/h4-5,8H,2-3,6,14H2,1H3. The van der Waals surface area contributed by atoms with Crippen LogP contribution in [0.5, 0.6) is 0 Å². The van der Waals surface area contributed by atoms with Crippen LogP contribution in [0.4, 0.5) is 5.69 Å². The van der Waals surface area contributed by atoms with E-state index in [9.17, 15) is 0 Å². The first-order chi connectivity index (χ1) is 7.08. The van der Waals surface area contributed by atoms with E-state index >= 15 is 0 Å². The second-order valence-corrected chi connectivity index (χ2v) is 4.86. The van der Waals surface area contributed by atoms with Crippen LogP contribution >= 0.6 is 23.2 Å². The minimum Gasteiger partial charge on any atom is -0.369 e. The van der Waals surface area contributed by atoms with E-state index in [0.29, 0.717) is 0 Å². The maximum Gasteiger partial charge on any atom is 0.0643 e. The molecule has 1 aliphatic heterocycles. The van der Waals surface area contributed by atoms with Crippen molar-refractivity contribution in [1.29, 1.82) is 0 Å². The first-order valence-electron chi connectivity index (χ1n) is 5.04. The molecular weight excluding hydrogens is 231 g/mol. The van der Waals surface area contributed by atoms with Gasteiger partial charge in [0.2, 0.25) is 0 Å². The van der Waals surface area contributed by atoms with E-state index in [2.05, 4.69) is 4.90 Å². The second kappa shape index (κ2) is 4.20. The van der Waals surface area contributed by atoms with Crippen molar-refractivity contribution < 1.29 is 0 Å². The maximum atomic E-state index is 6.19. The number of nitrogens with two attached hydrogens (primary N) is 1. The molecule has 0 amide bonds. The molecule has 1 aromatic rings. The fourth-order valence-corrected chi connectivity index (χ4v) is 2.38. The monoisotopic (exact) mass is 244 g/mol. The Labute approximate surface area is 100.0 Å². The number of hydrogen-bond donors (Lipinski definition) is 1. The molecule has 1 unspecified atom stereocenters. The normalized spacial score (nSPS) is 21.1. The molecule has 0 spiro atoms. The van der Waals surface area contributed by atoms with Crippen LogP contribution in [0.1, 0.15) is 12.0 Å². The summed E-state index contributed by atoms with van der Waals surface area (Å²) in [5, 5.41) is 1.51. The van der Waals surface area contributed by atoms with E-state index in [-0.39, 0.29) is 6.04 Å². The topological polar surface area (TPSA) is 29.3 Å². The van der Waals surface area contributed by atoms with Crippen molar-refractivity contribution in [2.24, 2.45) is 5.73 Å². The average molecular weight is 245 g/mol. The highest BCUT2D eigenvalue weighted by atomic mass is 35.5. The molecule has 2 nitrogen and oxygen atoms in total. The molecule has 2 N–H and O–H groups in total. The van der Waals surface area contributed by atoms with Crippen LogP contribution in [0.25, 0.3) is 0 Å². The molecule has 1 heterocycles. The Morgan fingerprint density at radius 1 is 1.33 bits per heavy atom. The van der Waals surface area contributed by atoms with Crippen molar-refractivity contribution in [2.75, 3.05) is 18.0 Å². The van der Waals surface area contributed by atoms with Crippen molar-refractivity contribution in [3.05, 3.63) is 27.7 Å². The Hall–Kier alpha value is -0.440. The molecular formula is C11H14Cl2N2. The molecule has 0 radical (unpaired) electrons. The van der Waals surface area contributed by atoms with E-state index in [1.165, 1.54) is 0 Å². The van der Waals surface area contributed by atoms with Gasteiger partial charge >= 0.3 is 0 Å². The Balaban J connectivity index is 2.32. The van der Waals surface area contributed by atoms with Crippen LogP contribution < -0.4 is 10.6 Å². The number of nitrogens with zero attached hydrogens (tertiary/aromatic N) is 1. The number of aryl methyl sites for hydroxylation is 1. The Morgan fingerprint density at radius 2 is 2.07 bits per heavy atom. The second-order valence-electron chi connectivity index (χ2n) is 4.05. The third-order valence-electron chi connectivity index (χ3n) is 2.79. The fraction of sp³-hybridized carbons (Fsp3) is 0.455. The number of hydrogen-bond acceptors (Lipinski definition) is 2. The van der Waals surface area contributed by atoms with Gasteiger partial charge in [-0.05, 0) is 31.0 Å². The highest BCUT2D eigenvalue weighted by Crippen LogP contribution is 2.33. The molecule has 82 valence electrons. The van der Waals surface area contributed by atoms with E-state index in [4.69, 9.17) is 28.9 Å². The molecule has 0 saturated carbocycles. The van der Waals surface area contributed by atoms with Crippen molar-refractivity contribution in [3.8, 4) is 0 Å². The summed E-state index contributed by atoms with van der Waals surface area (Å²) in [4.78, 5) is 2.19. The summed E-state index contributed by atoms with van der Waals surface area (Å²) in [5.41, 5.74) is 7.87. The van der Waals surface area contributed by atoms with Crippen molar-refractivity contribution in [1.82, 2.24) is 0 Å². The van der Waals surface area contributed by atoms with E-state index in [1.54, 1.807) is 0 Å². The first-order valence-corrected chi connectivity index (χ1v) is 5.79. The molecule has 1 fully saturated rings. The molecule has 1 atom stereocenters. The molecule has 1 aromatic carbocycles. The Morgan fingerprint density at radius 3 is 2.67 bits per heavy atom. The summed E-state index contributed by atoms with van der Waals surface area (Å²) in [6.45, 7) is 3.77. The van der Waals surface area contributed by atoms with E-state index in [1.807, 2.05) is 19.1 Å². The zero-order chi connectivity index (χ0) is 11.0. The lowest BCUT2D eigenvalue weighted by molar-refractivity contribution is 0.752. The van der Waals surface area contributed by atoms with Gasteiger partial charge in [-0.25, -0.2) is 0 Å². The highest BCUT2D eigenvalue weighted by molar-refractivity contribution is 6.35. The van der Waals surface area contributed by atoms with Gasteiger partial charge in [0.05, 0.1) is 10.7 Å². The fourth-order valence-electron chi connectivity index (χ4n) is 1.88. The van der Waals surface area contributed by atoms with Gasteiger partial charge in [-0.2, -0.15) is 0 Å². The van der Waals surface area contributed by atoms with Crippen LogP contribution in [0.3, 0.4) is 0 Å². The van der Waals surface area contributed by atoms with Gasteiger partial charge in [0.25, 0.3) is 0 Å². The zero-order valence-corrected chi connectivity index (χ0v) is 10.1. The van der Waals surface area contributed by atoms with Gasteiger partial charge in [-0.3, -0.25) is 0 Å². The SMILES string of the molecule is Cc1cc(Cl)c(N2CCC(N)C2)cc1Cl. The molecule has 0 aliphatic carbocycles. The molecule has 1 aliphatic rings. The molecule has 2 rings (SSSR count). The third-order valence-corrected chi connectivity index (χ3v) is 3.50. The lowest BCUT2D eigenvalue weighted by atomic mass is 10.2. The van der Waals surface area contributed by atoms with Gasteiger partial charge in [-0.1, -0.05) is 23.2 Å². The average Bonchev–Trinajstić information content (AvgIpc) is 2.58. The highest BCUT2D eigenvalue weighted by Gasteiger charge is 2.21. The summed E-state index contributed by atoms with van der Waals surface area (Å²) in [5.74, 6) is 0. The minimum atomic E-state index is 0.251. The molecule has 4 heteroatoms. The zero-order valence-electron chi connectivity index (χ0n) is 8.63. The van der Waals surface area contributed by atoms with Crippen molar-refractivity contribution >= 4 is 28.9 Å². The number of halogens is 2. The predicted octanol–water partition coefficient (Wildman–Crippen LogP) is 2.84. The molecule has 15 heavy (non-hydrogen) atoms. The van der Waals surface area contributed by atoms with Gasteiger partial charge in [0, 0.05) is 24.2 Å². The van der Waals surface area contributed by atoms with Crippen LogP contribution in [-0.2, 0) is 0 Å². The third kappa shape index (κ3) is 2.22. The lowest BCUT2D eigenvalue weighted by Gasteiger charge is -2.20. The molecule has 0 bridgehead atoms. The van der Waals surface area contributed by atoms with Gasteiger partial charge < -0.3 is 10.6 Å². The number of anilines is 1. The van der Waals surface area contributed by atoms with Crippen molar-refractivity contribution in [2.45, 2.75) is 19.4 Å². The van der Waals surface area contributed by atoms with Crippen LogP contribution in [0.15, 0.2) is 12.1 Å². The van der Waals surface area contributed by atoms with Crippen LogP contribution in [-0.4, -0.2) is 19.1 Å². The Bertz CT molecular complexity index is 379. The minimum absolute atomic E-state index is 0.251. The summed E-state index contributed by atoms with van der Waals surface area (Å²) in [7, 11) is 0. The number of benzene rings is 1. The van der Waals surface area contributed by atoms with Gasteiger partial charge in [0.1, 0.15) is 0 Å². The molecule has 1 saturated heterocycles. The van der Waals surface area contributed by atoms with Gasteiger partial charge in [0.15, 0.2) is 0 Å². The smallest absolute Gasteiger partial charge is 0.0643 e. The van der Waals surface area contributed by atoms with Crippen molar-refractivity contribution in [3.63, 3.8) is 0 Å². The Kier molecular flexibility index (Phi) is 3.10. The quantitative estimate of drug-likeness (QED) is 0.824. The van der Waals surface area contributed by atoms with E-state index < -0.39 is 0 Å². The van der Waals surface area contributed by atoms with Crippen LogP contribution in [0.2, 0.25) is 10.0 Å². The maximum absolute atomic E-state index is 6.19. The largest absolute Gasteiger partial charge is 0.369 e. The lowest BCUT2D eigenvalue weighted by Crippen LogP contribution is -2.26.